The highest BCUT2D eigenvalue weighted by Crippen LogP contribution is 2.41. The number of halogens is 1. The molecule has 6 heteroatoms. The van der Waals surface area contributed by atoms with Crippen LogP contribution in [0.1, 0.15) is 24.2 Å². The van der Waals surface area contributed by atoms with Crippen LogP contribution in [0, 0.1) is 0 Å². The molecule has 0 saturated heterocycles. The Hall–Kier alpha value is -1.53. The molecule has 2 rings (SSSR count). The SMILES string of the molecule is CCn1cc(C(O)c2ccc(OC)c(Br)c2OC)cn1. The van der Waals surface area contributed by atoms with Crippen LogP contribution in [0.5, 0.6) is 11.5 Å². The van der Waals surface area contributed by atoms with Crippen molar-refractivity contribution in [1.82, 2.24) is 9.78 Å². The van der Waals surface area contributed by atoms with Crippen molar-refractivity contribution in [3.05, 3.63) is 40.1 Å². The van der Waals surface area contributed by atoms with Crippen LogP contribution in [0.25, 0.3) is 0 Å². The number of aliphatic hydroxyl groups excluding tert-OH is 1. The van der Waals surface area contributed by atoms with Crippen LogP contribution in [-0.2, 0) is 6.54 Å². The molecule has 0 spiro atoms. The Bertz CT molecular complexity index is 598. The van der Waals surface area contributed by atoms with Gasteiger partial charge in [-0.1, -0.05) is 0 Å². The first-order chi connectivity index (χ1) is 9.62. The highest BCUT2D eigenvalue weighted by molar-refractivity contribution is 9.10. The number of aromatic nitrogens is 2. The van der Waals surface area contributed by atoms with Gasteiger partial charge in [-0.3, -0.25) is 4.68 Å². The summed E-state index contributed by atoms with van der Waals surface area (Å²) < 4.78 is 13.1. The highest BCUT2D eigenvalue weighted by atomic mass is 79.9. The van der Waals surface area contributed by atoms with Crippen LogP contribution in [0.15, 0.2) is 29.0 Å². The van der Waals surface area contributed by atoms with Crippen molar-refractivity contribution in [3.8, 4) is 11.5 Å². The molecule has 2 aromatic rings. The maximum absolute atomic E-state index is 10.5. The molecule has 0 aliphatic carbocycles. The third-order valence-corrected chi connectivity index (χ3v) is 3.85. The molecule has 0 aliphatic heterocycles. The van der Waals surface area contributed by atoms with Crippen LogP contribution in [0.4, 0.5) is 0 Å². The number of aliphatic hydroxyl groups is 1. The molecule has 1 heterocycles. The Morgan fingerprint density at radius 1 is 1.35 bits per heavy atom. The predicted octanol–water partition coefficient (Wildman–Crippen LogP) is 2.76. The molecule has 0 aliphatic rings. The molecule has 20 heavy (non-hydrogen) atoms. The fourth-order valence-electron chi connectivity index (χ4n) is 2.01. The van der Waals surface area contributed by atoms with Crippen molar-refractivity contribution in [1.29, 1.82) is 0 Å². The molecule has 1 N–H and O–H groups in total. The van der Waals surface area contributed by atoms with Crippen LogP contribution in [0.3, 0.4) is 0 Å². The first kappa shape index (κ1) is 14.9. The van der Waals surface area contributed by atoms with Crippen molar-refractivity contribution in [2.24, 2.45) is 0 Å². The van der Waals surface area contributed by atoms with Crippen molar-refractivity contribution in [2.45, 2.75) is 19.6 Å². The number of rotatable bonds is 5. The van der Waals surface area contributed by atoms with E-state index >= 15 is 0 Å². The summed E-state index contributed by atoms with van der Waals surface area (Å²) in [6.07, 6.45) is 2.68. The average Bonchev–Trinajstić information content (AvgIpc) is 2.95. The van der Waals surface area contributed by atoms with Gasteiger partial charge in [0.05, 0.1) is 20.4 Å². The monoisotopic (exact) mass is 340 g/mol. The van der Waals surface area contributed by atoms with Gasteiger partial charge in [-0.15, -0.1) is 0 Å². The fraction of sp³-hybridized carbons (Fsp3) is 0.357. The first-order valence-corrected chi connectivity index (χ1v) is 7.02. The molecule has 1 aromatic heterocycles. The molecule has 0 bridgehead atoms. The second kappa shape index (κ2) is 6.28. The Balaban J connectivity index is 2.43. The number of ether oxygens (including phenoxy) is 2. The van der Waals surface area contributed by atoms with E-state index in [9.17, 15) is 5.11 Å². The second-order valence-corrected chi connectivity index (χ2v) is 5.03. The maximum atomic E-state index is 10.5. The molecule has 1 aromatic carbocycles. The average molecular weight is 341 g/mol. The van der Waals surface area contributed by atoms with E-state index in [2.05, 4.69) is 21.0 Å². The van der Waals surface area contributed by atoms with Crippen LogP contribution in [0.2, 0.25) is 0 Å². The Labute approximate surface area is 126 Å². The van der Waals surface area contributed by atoms with E-state index in [1.54, 1.807) is 37.2 Å². The number of benzene rings is 1. The molecule has 0 radical (unpaired) electrons. The zero-order valence-electron chi connectivity index (χ0n) is 11.6. The zero-order valence-corrected chi connectivity index (χ0v) is 13.2. The van der Waals surface area contributed by atoms with Gasteiger partial charge >= 0.3 is 0 Å². The lowest BCUT2D eigenvalue weighted by Crippen LogP contribution is -2.03. The van der Waals surface area contributed by atoms with Gasteiger partial charge in [0.1, 0.15) is 22.1 Å². The van der Waals surface area contributed by atoms with E-state index in [-0.39, 0.29) is 0 Å². The van der Waals surface area contributed by atoms with Crippen molar-refractivity contribution in [2.75, 3.05) is 14.2 Å². The minimum Gasteiger partial charge on any atom is -0.495 e. The van der Waals surface area contributed by atoms with Gasteiger partial charge in [0, 0.05) is 23.9 Å². The smallest absolute Gasteiger partial charge is 0.142 e. The Kier molecular flexibility index (Phi) is 4.67. The maximum Gasteiger partial charge on any atom is 0.142 e. The third kappa shape index (κ3) is 2.66. The van der Waals surface area contributed by atoms with Crippen LogP contribution >= 0.6 is 15.9 Å². The van der Waals surface area contributed by atoms with Gasteiger partial charge < -0.3 is 14.6 Å². The quantitative estimate of drug-likeness (QED) is 0.909. The summed E-state index contributed by atoms with van der Waals surface area (Å²) in [5, 5.41) is 14.7. The predicted molar refractivity (Wildman–Crippen MR) is 79.2 cm³/mol. The van der Waals surface area contributed by atoms with E-state index in [4.69, 9.17) is 9.47 Å². The van der Waals surface area contributed by atoms with E-state index in [0.717, 1.165) is 12.1 Å². The minimum absolute atomic E-state index is 0.557. The largest absolute Gasteiger partial charge is 0.495 e. The molecular formula is C14H17BrN2O3. The molecule has 1 atom stereocenters. The molecule has 108 valence electrons. The molecule has 0 fully saturated rings. The molecule has 0 amide bonds. The number of hydrogen-bond acceptors (Lipinski definition) is 4. The van der Waals surface area contributed by atoms with Crippen molar-refractivity contribution < 1.29 is 14.6 Å². The van der Waals surface area contributed by atoms with Gasteiger partial charge in [0.25, 0.3) is 0 Å². The molecule has 1 unspecified atom stereocenters. The third-order valence-electron chi connectivity index (χ3n) is 3.10. The summed E-state index contributed by atoms with van der Waals surface area (Å²) in [5.74, 6) is 1.21. The summed E-state index contributed by atoms with van der Waals surface area (Å²) in [6.45, 7) is 2.75. The normalized spacial score (nSPS) is 12.2. The van der Waals surface area contributed by atoms with Crippen molar-refractivity contribution >= 4 is 15.9 Å². The first-order valence-electron chi connectivity index (χ1n) is 6.23. The highest BCUT2D eigenvalue weighted by Gasteiger charge is 2.21. The number of nitrogens with zero attached hydrogens (tertiary/aromatic N) is 2. The summed E-state index contributed by atoms with van der Waals surface area (Å²) >= 11 is 3.43. The standard InChI is InChI=1S/C14H17BrN2O3/c1-4-17-8-9(7-16-17)13(18)10-5-6-11(19-2)12(15)14(10)20-3/h5-8,13,18H,4H2,1-3H3. The topological polar surface area (TPSA) is 56.5 Å². The van der Waals surface area contributed by atoms with E-state index in [1.807, 2.05) is 13.1 Å². The number of aryl methyl sites for hydroxylation is 1. The van der Waals surface area contributed by atoms with Gasteiger partial charge in [-0.25, -0.2) is 0 Å². The second-order valence-electron chi connectivity index (χ2n) is 4.24. The van der Waals surface area contributed by atoms with Crippen LogP contribution in [-0.4, -0.2) is 29.1 Å². The van der Waals surface area contributed by atoms with Crippen molar-refractivity contribution in [3.63, 3.8) is 0 Å². The van der Waals surface area contributed by atoms with E-state index in [0.29, 0.717) is 21.5 Å². The number of methoxy groups -OCH3 is 2. The zero-order chi connectivity index (χ0) is 14.7. The van der Waals surface area contributed by atoms with E-state index in [1.165, 1.54) is 0 Å². The lowest BCUT2D eigenvalue weighted by Gasteiger charge is -2.16. The summed E-state index contributed by atoms with van der Waals surface area (Å²) in [7, 11) is 3.14. The Morgan fingerprint density at radius 3 is 2.65 bits per heavy atom. The van der Waals surface area contributed by atoms with E-state index < -0.39 is 6.10 Å². The molecular weight excluding hydrogens is 324 g/mol. The minimum atomic E-state index is -0.799. The van der Waals surface area contributed by atoms with Gasteiger partial charge in [-0.2, -0.15) is 5.10 Å². The summed E-state index contributed by atoms with van der Waals surface area (Å²) in [5.41, 5.74) is 1.39. The lowest BCUT2D eigenvalue weighted by atomic mass is 10.0. The molecule has 5 nitrogen and oxygen atoms in total. The Morgan fingerprint density at radius 2 is 2.10 bits per heavy atom. The van der Waals surface area contributed by atoms with Gasteiger partial charge in [0.15, 0.2) is 0 Å². The lowest BCUT2D eigenvalue weighted by molar-refractivity contribution is 0.214. The number of hydrogen-bond donors (Lipinski definition) is 1. The molecule has 0 saturated carbocycles. The fourth-order valence-corrected chi connectivity index (χ4v) is 2.69. The summed E-state index contributed by atoms with van der Waals surface area (Å²) in [4.78, 5) is 0. The van der Waals surface area contributed by atoms with Gasteiger partial charge in [-0.05, 0) is 35.0 Å². The van der Waals surface area contributed by atoms with Gasteiger partial charge in [0.2, 0.25) is 0 Å². The summed E-state index contributed by atoms with van der Waals surface area (Å²) in [6, 6.07) is 3.58. The van der Waals surface area contributed by atoms with Crippen LogP contribution < -0.4 is 9.47 Å².